The second kappa shape index (κ2) is 8.23. The smallest absolute Gasteiger partial charge is 0.254 e. The van der Waals surface area contributed by atoms with Crippen LogP contribution in [0.2, 0.25) is 0 Å². The van der Waals surface area contributed by atoms with Crippen LogP contribution in [0.15, 0.2) is 48.7 Å². The molecule has 10 heteroatoms. The lowest BCUT2D eigenvalue weighted by Gasteiger charge is -2.35. The summed E-state index contributed by atoms with van der Waals surface area (Å²) in [4.78, 5) is 21.2. The Labute approximate surface area is 183 Å². The lowest BCUT2D eigenvalue weighted by atomic mass is 10.1. The van der Waals surface area contributed by atoms with Gasteiger partial charge in [0.05, 0.1) is 11.7 Å². The van der Waals surface area contributed by atoms with E-state index in [4.69, 9.17) is 0 Å². The monoisotopic (exact) mass is 432 g/mol. The molecule has 5 rings (SSSR count). The van der Waals surface area contributed by atoms with Gasteiger partial charge in [0, 0.05) is 37.9 Å². The van der Waals surface area contributed by atoms with Crippen molar-refractivity contribution < 1.29 is 4.79 Å². The lowest BCUT2D eigenvalue weighted by molar-refractivity contribution is 0.0746. The fourth-order valence-electron chi connectivity index (χ4n) is 3.47. The minimum atomic E-state index is 0.0192. The molecule has 0 aliphatic carbocycles. The Balaban J connectivity index is 1.20. The van der Waals surface area contributed by atoms with Crippen LogP contribution in [0.4, 0.5) is 17.5 Å². The maximum absolute atomic E-state index is 12.9. The number of carbonyl (C=O) groups is 1. The van der Waals surface area contributed by atoms with E-state index in [-0.39, 0.29) is 5.91 Å². The Morgan fingerprint density at radius 2 is 1.74 bits per heavy atom. The normalized spacial score (nSPS) is 14.1. The number of hydrogen-bond donors (Lipinski definition) is 1. The fraction of sp³-hybridized carbons (Fsp3) is 0.238. The van der Waals surface area contributed by atoms with Gasteiger partial charge < -0.3 is 15.1 Å². The van der Waals surface area contributed by atoms with Gasteiger partial charge in [-0.3, -0.25) is 4.79 Å². The van der Waals surface area contributed by atoms with Crippen molar-refractivity contribution in [3.8, 4) is 0 Å². The van der Waals surface area contributed by atoms with E-state index in [1.807, 2.05) is 54.3 Å². The number of anilines is 3. The van der Waals surface area contributed by atoms with Crippen molar-refractivity contribution in [1.82, 2.24) is 28.8 Å². The van der Waals surface area contributed by atoms with Crippen LogP contribution in [0.5, 0.6) is 0 Å². The van der Waals surface area contributed by atoms with Gasteiger partial charge in [-0.1, -0.05) is 6.07 Å². The Hall–Kier alpha value is -3.66. The van der Waals surface area contributed by atoms with Crippen LogP contribution in [0.25, 0.3) is 11.0 Å². The van der Waals surface area contributed by atoms with Crippen molar-refractivity contribution in [3.05, 3.63) is 59.8 Å². The van der Waals surface area contributed by atoms with Crippen LogP contribution in [0.3, 0.4) is 0 Å². The number of amides is 1. The Kier molecular flexibility index (Phi) is 5.13. The molecule has 4 aromatic rings. The molecule has 156 valence electrons. The lowest BCUT2D eigenvalue weighted by Crippen LogP contribution is -2.49. The SMILES string of the molecule is Cc1ccc(Nc2ccc(N3CCN(C(=O)c4ccc5nsnc5c4)CC3)nn2)nc1. The number of nitrogens with zero attached hydrogens (tertiary/aromatic N) is 7. The van der Waals surface area contributed by atoms with E-state index in [2.05, 4.69) is 34.1 Å². The molecule has 1 aromatic carbocycles. The van der Waals surface area contributed by atoms with Gasteiger partial charge in [0.2, 0.25) is 0 Å². The van der Waals surface area contributed by atoms with E-state index < -0.39 is 0 Å². The third-order valence-electron chi connectivity index (χ3n) is 5.21. The molecule has 0 spiro atoms. The summed E-state index contributed by atoms with van der Waals surface area (Å²) in [6.07, 6.45) is 1.80. The van der Waals surface area contributed by atoms with E-state index in [1.165, 1.54) is 0 Å². The third-order valence-corrected chi connectivity index (χ3v) is 5.77. The predicted octanol–water partition coefficient (Wildman–Crippen LogP) is 2.89. The van der Waals surface area contributed by atoms with Crippen molar-refractivity contribution in [2.24, 2.45) is 0 Å². The number of fused-ring (bicyclic) bond motifs is 1. The molecule has 1 fully saturated rings. The highest BCUT2D eigenvalue weighted by molar-refractivity contribution is 7.00. The number of aryl methyl sites for hydroxylation is 1. The largest absolute Gasteiger partial charge is 0.352 e. The Morgan fingerprint density at radius 1 is 0.935 bits per heavy atom. The van der Waals surface area contributed by atoms with Gasteiger partial charge in [-0.15, -0.1) is 10.2 Å². The van der Waals surface area contributed by atoms with Crippen LogP contribution < -0.4 is 10.2 Å². The van der Waals surface area contributed by atoms with Crippen LogP contribution in [0.1, 0.15) is 15.9 Å². The van der Waals surface area contributed by atoms with Crippen molar-refractivity contribution >= 4 is 46.1 Å². The molecule has 1 amide bonds. The molecule has 3 aromatic heterocycles. The summed E-state index contributed by atoms with van der Waals surface area (Å²) >= 11 is 1.16. The van der Waals surface area contributed by atoms with Gasteiger partial charge in [-0.05, 0) is 48.9 Å². The highest BCUT2D eigenvalue weighted by Crippen LogP contribution is 2.19. The van der Waals surface area contributed by atoms with Crippen molar-refractivity contribution in [2.45, 2.75) is 6.92 Å². The van der Waals surface area contributed by atoms with E-state index >= 15 is 0 Å². The zero-order chi connectivity index (χ0) is 21.2. The number of nitrogens with one attached hydrogen (secondary N) is 1. The molecule has 0 radical (unpaired) electrons. The summed E-state index contributed by atoms with van der Waals surface area (Å²) in [5.74, 6) is 2.18. The zero-order valence-corrected chi connectivity index (χ0v) is 17.7. The summed E-state index contributed by atoms with van der Waals surface area (Å²) in [6, 6.07) is 13.2. The molecule has 0 bridgehead atoms. The maximum Gasteiger partial charge on any atom is 0.254 e. The van der Waals surface area contributed by atoms with Crippen molar-refractivity contribution in [2.75, 3.05) is 36.4 Å². The van der Waals surface area contributed by atoms with Crippen molar-refractivity contribution in [3.63, 3.8) is 0 Å². The number of carbonyl (C=O) groups excluding carboxylic acids is 1. The van der Waals surface area contributed by atoms with Crippen LogP contribution >= 0.6 is 11.7 Å². The van der Waals surface area contributed by atoms with E-state index in [9.17, 15) is 4.79 Å². The topological polar surface area (TPSA) is 100 Å². The van der Waals surface area contributed by atoms with Gasteiger partial charge in [0.15, 0.2) is 11.6 Å². The summed E-state index contributed by atoms with van der Waals surface area (Å²) in [5.41, 5.74) is 3.33. The van der Waals surface area contributed by atoms with E-state index in [0.717, 1.165) is 40.0 Å². The number of benzene rings is 1. The summed E-state index contributed by atoms with van der Waals surface area (Å²) in [5, 5.41) is 11.7. The number of pyridine rings is 1. The number of aromatic nitrogens is 5. The number of rotatable bonds is 4. The maximum atomic E-state index is 12.9. The molecule has 9 nitrogen and oxygen atoms in total. The number of hydrogen-bond acceptors (Lipinski definition) is 9. The third kappa shape index (κ3) is 4.15. The van der Waals surface area contributed by atoms with Gasteiger partial charge in [0.25, 0.3) is 5.91 Å². The summed E-state index contributed by atoms with van der Waals surface area (Å²) < 4.78 is 8.41. The molecule has 0 unspecified atom stereocenters. The second-order valence-electron chi connectivity index (χ2n) is 7.37. The van der Waals surface area contributed by atoms with E-state index in [1.54, 1.807) is 6.20 Å². The highest BCUT2D eigenvalue weighted by atomic mass is 32.1. The second-order valence-corrected chi connectivity index (χ2v) is 7.90. The van der Waals surface area contributed by atoms with Crippen molar-refractivity contribution in [1.29, 1.82) is 0 Å². The minimum Gasteiger partial charge on any atom is -0.352 e. The van der Waals surface area contributed by atoms with Gasteiger partial charge in [0.1, 0.15) is 16.9 Å². The zero-order valence-electron chi connectivity index (χ0n) is 16.9. The Morgan fingerprint density at radius 3 is 2.48 bits per heavy atom. The molecular formula is C21H20N8OS. The fourth-order valence-corrected chi connectivity index (χ4v) is 3.99. The molecule has 1 saturated heterocycles. The molecule has 1 aliphatic rings. The van der Waals surface area contributed by atoms with Gasteiger partial charge >= 0.3 is 0 Å². The molecule has 0 saturated carbocycles. The molecule has 1 aliphatic heterocycles. The predicted molar refractivity (Wildman–Crippen MR) is 120 cm³/mol. The quantitative estimate of drug-likeness (QED) is 0.525. The molecular weight excluding hydrogens is 412 g/mol. The first-order valence-electron chi connectivity index (χ1n) is 9.96. The van der Waals surface area contributed by atoms with Gasteiger partial charge in [-0.25, -0.2) is 4.98 Å². The summed E-state index contributed by atoms with van der Waals surface area (Å²) in [6.45, 7) is 4.65. The average Bonchev–Trinajstić information content (AvgIpc) is 3.29. The molecule has 0 atom stereocenters. The average molecular weight is 433 g/mol. The standard InChI is InChI=1S/C21H20N8OS/c1-14-2-5-18(22-13-14)23-19-6-7-20(25-24-19)28-8-10-29(11-9-28)21(30)15-3-4-16-17(12-15)27-31-26-16/h2-7,12-13H,8-11H2,1H3,(H,22,23,24). The van der Waals surface area contributed by atoms with Crippen LogP contribution in [-0.4, -0.2) is 60.9 Å². The first kappa shape index (κ1) is 19.3. The van der Waals surface area contributed by atoms with Gasteiger partial charge in [-0.2, -0.15) is 8.75 Å². The number of piperazine rings is 1. The first-order valence-corrected chi connectivity index (χ1v) is 10.7. The van der Waals surface area contributed by atoms with Crippen LogP contribution in [0, 0.1) is 6.92 Å². The van der Waals surface area contributed by atoms with Crippen LogP contribution in [-0.2, 0) is 0 Å². The summed E-state index contributed by atoms with van der Waals surface area (Å²) in [7, 11) is 0. The Bertz CT molecular complexity index is 1200. The first-order chi connectivity index (χ1) is 15.2. The molecule has 31 heavy (non-hydrogen) atoms. The molecule has 1 N–H and O–H groups in total. The minimum absolute atomic E-state index is 0.0192. The van der Waals surface area contributed by atoms with E-state index in [0.29, 0.717) is 37.6 Å². The highest BCUT2D eigenvalue weighted by Gasteiger charge is 2.23. The molecule has 4 heterocycles.